The Kier molecular flexibility index (Phi) is 5.90. The fraction of sp³-hybridized carbons (Fsp3) is 0.500. The Morgan fingerprint density at radius 3 is 2.81 bits per heavy atom. The fourth-order valence-corrected chi connectivity index (χ4v) is 2.27. The van der Waals surface area contributed by atoms with E-state index in [0.717, 1.165) is 23.1 Å². The second-order valence-corrected chi connectivity index (χ2v) is 4.85. The Balaban J connectivity index is 1.95. The van der Waals surface area contributed by atoms with Crippen LogP contribution >= 0.6 is 0 Å². The van der Waals surface area contributed by atoms with Crippen molar-refractivity contribution < 1.29 is 14.3 Å². The minimum atomic E-state index is 0.152. The molecule has 1 heterocycles. The number of rotatable bonds is 9. The Bertz CT molecular complexity index is 592. The van der Waals surface area contributed by atoms with Gasteiger partial charge in [0.1, 0.15) is 5.78 Å². The summed E-state index contributed by atoms with van der Waals surface area (Å²) in [4.78, 5) is 12.0. The average molecular weight is 290 g/mol. The molecule has 1 aromatic heterocycles. The van der Waals surface area contributed by atoms with Crippen LogP contribution in [0.2, 0.25) is 0 Å². The maximum atomic E-state index is 12.0. The molecule has 0 fully saturated rings. The molecule has 0 bridgehead atoms. The van der Waals surface area contributed by atoms with Gasteiger partial charge in [-0.25, -0.2) is 0 Å². The summed E-state index contributed by atoms with van der Waals surface area (Å²) in [5.41, 5.74) is 1.94. The first-order valence-corrected chi connectivity index (χ1v) is 7.29. The van der Waals surface area contributed by atoms with E-state index in [1.807, 2.05) is 28.9 Å². The summed E-state index contributed by atoms with van der Waals surface area (Å²) in [6, 6.07) is 8.02. The van der Waals surface area contributed by atoms with Crippen LogP contribution in [0.15, 0.2) is 24.3 Å². The molecule has 5 nitrogen and oxygen atoms in total. The number of ether oxygens (including phenoxy) is 2. The topological polar surface area (TPSA) is 53.4 Å². The van der Waals surface area contributed by atoms with Gasteiger partial charge in [0.15, 0.2) is 0 Å². The fourth-order valence-electron chi connectivity index (χ4n) is 2.27. The third-order valence-electron chi connectivity index (χ3n) is 3.36. The molecule has 0 aliphatic carbocycles. The molecule has 0 radical (unpaired) electrons. The molecule has 0 aliphatic rings. The van der Waals surface area contributed by atoms with Gasteiger partial charge in [0.05, 0.1) is 37.5 Å². The number of benzene rings is 1. The third-order valence-corrected chi connectivity index (χ3v) is 3.36. The van der Waals surface area contributed by atoms with Crippen molar-refractivity contribution in [2.75, 3.05) is 26.9 Å². The maximum absolute atomic E-state index is 12.0. The van der Waals surface area contributed by atoms with Crippen molar-refractivity contribution in [3.8, 4) is 0 Å². The maximum Gasteiger partial charge on any atom is 0.141 e. The molecule has 2 rings (SSSR count). The van der Waals surface area contributed by atoms with Gasteiger partial charge in [-0.05, 0) is 13.0 Å². The number of methoxy groups -OCH3 is 1. The smallest absolute Gasteiger partial charge is 0.141 e. The van der Waals surface area contributed by atoms with E-state index in [1.54, 1.807) is 7.11 Å². The number of para-hydroxylation sites is 1. The number of hydrogen-bond acceptors (Lipinski definition) is 4. The molecule has 5 heteroatoms. The summed E-state index contributed by atoms with van der Waals surface area (Å²) >= 11 is 0. The van der Waals surface area contributed by atoms with Crippen LogP contribution in [0.1, 0.15) is 19.0 Å². The van der Waals surface area contributed by atoms with Gasteiger partial charge in [-0.1, -0.05) is 18.2 Å². The molecule has 0 atom stereocenters. The van der Waals surface area contributed by atoms with Crippen LogP contribution in [-0.4, -0.2) is 42.5 Å². The lowest BCUT2D eigenvalue weighted by atomic mass is 10.1. The number of aromatic nitrogens is 2. The number of Topliss-reactive ketones (excluding diaryl/α,β-unsaturated/α-hetero) is 1. The van der Waals surface area contributed by atoms with Gasteiger partial charge < -0.3 is 9.47 Å². The first-order valence-electron chi connectivity index (χ1n) is 7.29. The summed E-state index contributed by atoms with van der Waals surface area (Å²) in [7, 11) is 1.63. The second-order valence-electron chi connectivity index (χ2n) is 4.85. The van der Waals surface area contributed by atoms with Crippen LogP contribution in [0.25, 0.3) is 10.9 Å². The molecule has 0 saturated heterocycles. The highest BCUT2D eigenvalue weighted by atomic mass is 16.5. The molecular formula is C16H22N2O3. The number of carbonyl (C=O) groups excluding carboxylic acids is 1. The van der Waals surface area contributed by atoms with Gasteiger partial charge >= 0.3 is 0 Å². The number of hydrogen-bond donors (Lipinski definition) is 0. The molecule has 0 N–H and O–H groups in total. The monoisotopic (exact) mass is 290 g/mol. The molecule has 0 unspecified atom stereocenters. The first kappa shape index (κ1) is 15.7. The first-order chi connectivity index (χ1) is 10.3. The molecule has 114 valence electrons. The summed E-state index contributed by atoms with van der Waals surface area (Å²) in [6.45, 7) is 4.37. The highest BCUT2D eigenvalue weighted by molar-refractivity contribution is 5.88. The van der Waals surface area contributed by atoms with E-state index in [2.05, 4.69) is 12.0 Å². The summed E-state index contributed by atoms with van der Waals surface area (Å²) in [5.74, 6) is 0.152. The van der Waals surface area contributed by atoms with Crippen LogP contribution in [-0.2, 0) is 27.2 Å². The van der Waals surface area contributed by atoms with Gasteiger partial charge in [0.2, 0.25) is 0 Å². The van der Waals surface area contributed by atoms with Crippen molar-refractivity contribution >= 4 is 16.7 Å². The van der Waals surface area contributed by atoms with Crippen molar-refractivity contribution in [3.63, 3.8) is 0 Å². The standard InChI is InChI=1S/C16H22N2O3/c1-3-18-16-7-5-4-6-14(16)15(17-18)12-13(19)8-9-21-11-10-20-2/h4-7H,3,8-12H2,1-2H3. The Labute approximate surface area is 124 Å². The second kappa shape index (κ2) is 7.90. The SMILES string of the molecule is CCn1nc(CC(=O)CCOCCOC)c2ccccc21. The van der Waals surface area contributed by atoms with Crippen molar-refractivity contribution in [1.82, 2.24) is 9.78 Å². The largest absolute Gasteiger partial charge is 0.382 e. The molecule has 0 spiro atoms. The lowest BCUT2D eigenvalue weighted by Crippen LogP contribution is -2.10. The van der Waals surface area contributed by atoms with Crippen molar-refractivity contribution in [1.29, 1.82) is 0 Å². The van der Waals surface area contributed by atoms with Crippen LogP contribution in [0, 0.1) is 0 Å². The molecule has 0 saturated carbocycles. The van der Waals surface area contributed by atoms with Gasteiger partial charge in [-0.3, -0.25) is 9.48 Å². The zero-order valence-corrected chi connectivity index (χ0v) is 12.7. The molecule has 1 aromatic carbocycles. The molecular weight excluding hydrogens is 268 g/mol. The van der Waals surface area contributed by atoms with Crippen molar-refractivity contribution in [2.45, 2.75) is 26.3 Å². The number of fused-ring (bicyclic) bond motifs is 1. The normalized spacial score (nSPS) is 11.1. The van der Waals surface area contributed by atoms with Crippen LogP contribution in [0.4, 0.5) is 0 Å². The molecule has 2 aromatic rings. The Morgan fingerprint density at radius 1 is 1.24 bits per heavy atom. The van der Waals surface area contributed by atoms with Gasteiger partial charge in [0, 0.05) is 25.5 Å². The van der Waals surface area contributed by atoms with Gasteiger partial charge in [-0.2, -0.15) is 5.10 Å². The van der Waals surface area contributed by atoms with Crippen LogP contribution in [0.5, 0.6) is 0 Å². The number of ketones is 1. The lowest BCUT2D eigenvalue weighted by molar-refractivity contribution is -0.119. The molecule has 21 heavy (non-hydrogen) atoms. The number of carbonyl (C=O) groups is 1. The zero-order chi connectivity index (χ0) is 15.1. The van der Waals surface area contributed by atoms with Crippen LogP contribution < -0.4 is 0 Å². The number of aryl methyl sites for hydroxylation is 1. The van der Waals surface area contributed by atoms with Crippen molar-refractivity contribution in [2.24, 2.45) is 0 Å². The minimum absolute atomic E-state index is 0.152. The minimum Gasteiger partial charge on any atom is -0.382 e. The Hall–Kier alpha value is -1.72. The lowest BCUT2D eigenvalue weighted by Gasteiger charge is -2.02. The average Bonchev–Trinajstić information content (AvgIpc) is 2.85. The third kappa shape index (κ3) is 4.12. The van der Waals surface area contributed by atoms with E-state index in [9.17, 15) is 4.79 Å². The quantitative estimate of drug-likeness (QED) is 0.665. The highest BCUT2D eigenvalue weighted by Gasteiger charge is 2.12. The van der Waals surface area contributed by atoms with E-state index < -0.39 is 0 Å². The summed E-state index contributed by atoms with van der Waals surface area (Å²) < 4.78 is 12.1. The van der Waals surface area contributed by atoms with E-state index in [-0.39, 0.29) is 5.78 Å². The predicted octanol–water partition coefficient (Wildman–Crippen LogP) is 2.22. The summed E-state index contributed by atoms with van der Waals surface area (Å²) in [6.07, 6.45) is 0.776. The Morgan fingerprint density at radius 2 is 2.05 bits per heavy atom. The van der Waals surface area contributed by atoms with E-state index >= 15 is 0 Å². The predicted molar refractivity (Wildman–Crippen MR) is 81.4 cm³/mol. The van der Waals surface area contributed by atoms with Crippen LogP contribution in [0.3, 0.4) is 0 Å². The molecule has 0 aliphatic heterocycles. The molecule has 0 amide bonds. The zero-order valence-electron chi connectivity index (χ0n) is 12.7. The van der Waals surface area contributed by atoms with E-state index in [4.69, 9.17) is 9.47 Å². The van der Waals surface area contributed by atoms with Gasteiger partial charge in [-0.15, -0.1) is 0 Å². The van der Waals surface area contributed by atoms with Crippen molar-refractivity contribution in [3.05, 3.63) is 30.0 Å². The summed E-state index contributed by atoms with van der Waals surface area (Å²) in [5, 5.41) is 5.60. The van der Waals surface area contributed by atoms with E-state index in [0.29, 0.717) is 32.7 Å². The number of nitrogens with zero attached hydrogens (tertiary/aromatic N) is 2. The van der Waals surface area contributed by atoms with E-state index in [1.165, 1.54) is 0 Å². The van der Waals surface area contributed by atoms with Gasteiger partial charge in [0.25, 0.3) is 0 Å². The highest BCUT2D eigenvalue weighted by Crippen LogP contribution is 2.19.